The fraction of sp³-hybridized carbons (Fsp3) is 0.833. The van der Waals surface area contributed by atoms with Gasteiger partial charge in [0.1, 0.15) is 0 Å². The summed E-state index contributed by atoms with van der Waals surface area (Å²) in [6, 6.07) is 0. The highest BCUT2D eigenvalue weighted by atomic mass is 32.2. The van der Waals surface area contributed by atoms with Crippen LogP contribution in [0.1, 0.15) is 58.3 Å². The van der Waals surface area contributed by atoms with Gasteiger partial charge in [0.25, 0.3) is 0 Å². The topological polar surface area (TPSA) is 72.8 Å². The van der Waals surface area contributed by atoms with E-state index in [0.717, 1.165) is 12.8 Å². The highest BCUT2D eigenvalue weighted by Gasteiger charge is 2.07. The zero-order chi connectivity index (χ0) is 13.6. The molecule has 0 spiro atoms. The summed E-state index contributed by atoms with van der Waals surface area (Å²) >= 11 is 0.639. The van der Waals surface area contributed by atoms with Crippen LogP contribution >= 0.6 is 12.3 Å². The number of carbonyl (C=O) groups excluding carboxylic acids is 1. The number of carboxylic acids is 1. The Bertz CT molecular complexity index is 233. The second-order valence-corrected chi connectivity index (χ2v) is 4.55. The van der Waals surface area contributed by atoms with Gasteiger partial charge in [-0.15, -0.1) is 0 Å². The summed E-state index contributed by atoms with van der Waals surface area (Å²) in [6.07, 6.45) is 6.71. The Morgan fingerprint density at radius 1 is 1.06 bits per heavy atom. The van der Waals surface area contributed by atoms with Crippen LogP contribution in [0.25, 0.3) is 0 Å². The lowest BCUT2D eigenvalue weighted by atomic mass is 10.1. The monoisotopic (exact) mass is 278 g/mol. The first-order valence-electron chi connectivity index (χ1n) is 6.37. The third kappa shape index (κ3) is 13.3. The number of unbranched alkanes of at least 4 members (excludes halogenated alkanes) is 5. The van der Waals surface area contributed by atoms with Crippen molar-refractivity contribution in [2.75, 3.05) is 6.61 Å². The van der Waals surface area contributed by atoms with Crippen molar-refractivity contribution in [2.45, 2.75) is 58.3 Å². The number of rotatable bonds is 12. The molecule has 0 radical (unpaired) electrons. The maximum atomic E-state index is 11.0. The van der Waals surface area contributed by atoms with Gasteiger partial charge in [-0.05, 0) is 6.42 Å². The molecule has 0 aliphatic heterocycles. The van der Waals surface area contributed by atoms with Crippen molar-refractivity contribution in [2.24, 2.45) is 0 Å². The molecule has 0 aliphatic rings. The molecule has 0 atom stereocenters. The van der Waals surface area contributed by atoms with E-state index in [0.29, 0.717) is 18.9 Å². The predicted molar refractivity (Wildman–Crippen MR) is 69.9 cm³/mol. The summed E-state index contributed by atoms with van der Waals surface area (Å²) in [5.41, 5.74) is 0. The second kappa shape index (κ2) is 12.7. The first-order chi connectivity index (χ1) is 8.66. The van der Waals surface area contributed by atoms with Crippen LogP contribution in [0.3, 0.4) is 0 Å². The molecule has 0 saturated heterocycles. The molecule has 0 unspecified atom stereocenters. The SMILES string of the molecule is CCCCCCCCOSOC(=O)CCC(=O)O. The minimum Gasteiger partial charge on any atom is -0.481 e. The van der Waals surface area contributed by atoms with Crippen molar-refractivity contribution < 1.29 is 23.1 Å². The van der Waals surface area contributed by atoms with Gasteiger partial charge in [-0.25, -0.2) is 0 Å². The quantitative estimate of drug-likeness (QED) is 0.436. The predicted octanol–water partition coefficient (Wildman–Crippen LogP) is 3.33. The lowest BCUT2D eigenvalue weighted by Gasteiger charge is -2.02. The molecule has 0 rings (SSSR count). The molecule has 18 heavy (non-hydrogen) atoms. The van der Waals surface area contributed by atoms with Gasteiger partial charge in [0.15, 0.2) is 0 Å². The number of hydrogen-bond acceptors (Lipinski definition) is 5. The van der Waals surface area contributed by atoms with Crippen molar-refractivity contribution >= 4 is 24.3 Å². The van der Waals surface area contributed by atoms with E-state index in [1.54, 1.807) is 0 Å². The number of carboxylic acid groups (broad SMARTS) is 1. The third-order valence-corrected chi connectivity index (χ3v) is 2.82. The van der Waals surface area contributed by atoms with Crippen molar-refractivity contribution in [1.82, 2.24) is 0 Å². The molecule has 0 aromatic rings. The maximum absolute atomic E-state index is 11.0. The molecule has 0 aromatic carbocycles. The second-order valence-electron chi connectivity index (χ2n) is 4.01. The van der Waals surface area contributed by atoms with Gasteiger partial charge in [-0.1, -0.05) is 39.0 Å². The van der Waals surface area contributed by atoms with E-state index in [1.807, 2.05) is 0 Å². The van der Waals surface area contributed by atoms with Crippen molar-refractivity contribution in [3.63, 3.8) is 0 Å². The molecule has 106 valence electrons. The summed E-state index contributed by atoms with van der Waals surface area (Å²) < 4.78 is 9.67. The first kappa shape index (κ1) is 17.2. The van der Waals surface area contributed by atoms with Crippen LogP contribution in [-0.4, -0.2) is 23.7 Å². The van der Waals surface area contributed by atoms with Crippen LogP contribution in [-0.2, 0) is 18.0 Å². The van der Waals surface area contributed by atoms with E-state index in [9.17, 15) is 9.59 Å². The van der Waals surface area contributed by atoms with Gasteiger partial charge >= 0.3 is 11.9 Å². The maximum Gasteiger partial charge on any atom is 0.320 e. The average Bonchev–Trinajstić information content (AvgIpc) is 2.34. The highest BCUT2D eigenvalue weighted by molar-refractivity contribution is 7.90. The van der Waals surface area contributed by atoms with E-state index in [-0.39, 0.29) is 12.8 Å². The smallest absolute Gasteiger partial charge is 0.320 e. The summed E-state index contributed by atoms with van der Waals surface area (Å²) in [7, 11) is 0. The Morgan fingerprint density at radius 2 is 1.72 bits per heavy atom. The minimum absolute atomic E-state index is 0.122. The summed E-state index contributed by atoms with van der Waals surface area (Å²) in [6.45, 7) is 2.72. The summed E-state index contributed by atoms with van der Waals surface area (Å²) in [4.78, 5) is 21.1. The zero-order valence-electron chi connectivity index (χ0n) is 10.9. The lowest BCUT2D eigenvalue weighted by molar-refractivity contribution is -0.141. The molecule has 0 heterocycles. The molecular weight excluding hydrogens is 256 g/mol. The molecule has 0 aliphatic carbocycles. The number of aliphatic carboxylic acids is 1. The molecule has 0 bridgehead atoms. The van der Waals surface area contributed by atoms with Crippen LogP contribution in [0.2, 0.25) is 0 Å². The van der Waals surface area contributed by atoms with E-state index in [1.165, 1.54) is 25.7 Å². The molecule has 5 nitrogen and oxygen atoms in total. The highest BCUT2D eigenvalue weighted by Crippen LogP contribution is 2.10. The Morgan fingerprint density at radius 3 is 2.39 bits per heavy atom. The van der Waals surface area contributed by atoms with Gasteiger partial charge in [-0.3, -0.25) is 13.8 Å². The normalized spacial score (nSPS) is 10.3. The van der Waals surface area contributed by atoms with Crippen LogP contribution < -0.4 is 0 Å². The number of carbonyl (C=O) groups is 2. The fourth-order valence-electron chi connectivity index (χ4n) is 1.29. The van der Waals surface area contributed by atoms with E-state index < -0.39 is 11.9 Å². The molecule has 6 heteroatoms. The minimum atomic E-state index is -1.01. The molecule has 0 fully saturated rings. The van der Waals surface area contributed by atoms with Crippen molar-refractivity contribution in [1.29, 1.82) is 0 Å². The van der Waals surface area contributed by atoms with Gasteiger partial charge in [0, 0.05) is 0 Å². The van der Waals surface area contributed by atoms with Crippen molar-refractivity contribution in [3.8, 4) is 0 Å². The standard InChI is InChI=1S/C12H22O5S/c1-2-3-4-5-6-7-10-16-18-17-12(15)9-8-11(13)14/h2-10H2,1H3,(H,13,14). The van der Waals surface area contributed by atoms with Gasteiger partial charge in [0.2, 0.25) is 12.3 Å². The van der Waals surface area contributed by atoms with E-state index >= 15 is 0 Å². The molecule has 0 amide bonds. The molecule has 0 saturated carbocycles. The van der Waals surface area contributed by atoms with Gasteiger partial charge in [0.05, 0.1) is 19.4 Å². The molecular formula is C12H22O5S. The van der Waals surface area contributed by atoms with E-state index in [2.05, 4.69) is 11.1 Å². The van der Waals surface area contributed by atoms with Crippen molar-refractivity contribution in [3.05, 3.63) is 0 Å². The molecule has 1 N–H and O–H groups in total. The Kier molecular flexibility index (Phi) is 12.2. The Labute approximate surface area is 113 Å². The van der Waals surface area contributed by atoms with Crippen LogP contribution in [0.15, 0.2) is 0 Å². The zero-order valence-corrected chi connectivity index (χ0v) is 11.7. The average molecular weight is 278 g/mol. The third-order valence-electron chi connectivity index (χ3n) is 2.30. The van der Waals surface area contributed by atoms with Crippen LogP contribution in [0, 0.1) is 0 Å². The largest absolute Gasteiger partial charge is 0.481 e. The van der Waals surface area contributed by atoms with Gasteiger partial charge < -0.3 is 9.29 Å². The van der Waals surface area contributed by atoms with Gasteiger partial charge in [-0.2, -0.15) is 0 Å². The fourth-order valence-corrected chi connectivity index (χ4v) is 1.68. The molecule has 0 aromatic heterocycles. The Balaban J connectivity index is 3.15. The summed E-state index contributed by atoms with van der Waals surface area (Å²) in [5.74, 6) is -1.57. The summed E-state index contributed by atoms with van der Waals surface area (Å²) in [5, 5.41) is 8.35. The van der Waals surface area contributed by atoms with Crippen LogP contribution in [0.5, 0.6) is 0 Å². The van der Waals surface area contributed by atoms with Crippen LogP contribution in [0.4, 0.5) is 0 Å². The first-order valence-corrected chi connectivity index (χ1v) is 7.04. The lowest BCUT2D eigenvalue weighted by Crippen LogP contribution is -2.04. The number of hydrogen-bond donors (Lipinski definition) is 1. The Hall–Kier alpha value is -0.750. The van der Waals surface area contributed by atoms with E-state index in [4.69, 9.17) is 9.29 Å².